The first-order chi connectivity index (χ1) is 6.93. The lowest BCUT2D eigenvalue weighted by atomic mass is 10.1. The number of rotatable bonds is 5. The summed E-state index contributed by atoms with van der Waals surface area (Å²) in [7, 11) is 0. The smallest absolute Gasteiger partial charge is 0.246 e. The van der Waals surface area contributed by atoms with E-state index < -0.39 is 0 Å². The largest absolute Gasteiger partial charge is 0.334 e. The molecule has 2 heteroatoms. The van der Waals surface area contributed by atoms with Gasteiger partial charge in [-0.25, -0.2) is 0 Å². The van der Waals surface area contributed by atoms with Crippen LogP contribution in [0.25, 0.3) is 0 Å². The van der Waals surface area contributed by atoms with E-state index in [1.165, 1.54) is 0 Å². The minimum Gasteiger partial charge on any atom is -0.334 e. The molecule has 2 unspecified atom stereocenters. The molecule has 0 aromatic rings. The Morgan fingerprint density at radius 1 is 1.13 bits per heavy atom. The van der Waals surface area contributed by atoms with Gasteiger partial charge in [-0.3, -0.25) is 4.79 Å². The highest BCUT2D eigenvalue weighted by atomic mass is 16.2. The molecule has 0 aromatic heterocycles. The Morgan fingerprint density at radius 3 is 1.80 bits per heavy atom. The minimum atomic E-state index is 0.152. The summed E-state index contributed by atoms with van der Waals surface area (Å²) in [6.07, 6.45) is 3.75. The summed E-state index contributed by atoms with van der Waals surface area (Å²) in [5.74, 6) is 0.152. The zero-order valence-corrected chi connectivity index (χ0v) is 11.0. The van der Waals surface area contributed by atoms with Crippen molar-refractivity contribution >= 4 is 5.91 Å². The third-order valence-electron chi connectivity index (χ3n) is 2.80. The van der Waals surface area contributed by atoms with Crippen molar-refractivity contribution in [1.29, 1.82) is 0 Å². The number of hydrogen-bond donors (Lipinski definition) is 0. The van der Waals surface area contributed by atoms with E-state index >= 15 is 0 Å². The maximum absolute atomic E-state index is 12.0. The van der Waals surface area contributed by atoms with E-state index in [9.17, 15) is 4.79 Å². The summed E-state index contributed by atoms with van der Waals surface area (Å²) in [4.78, 5) is 14.0. The molecule has 0 N–H and O–H groups in total. The molecule has 0 saturated carbocycles. The molecular formula is C13H25NO. The first-order valence-electron chi connectivity index (χ1n) is 5.91. The summed E-state index contributed by atoms with van der Waals surface area (Å²) in [5.41, 5.74) is 1.07. The van der Waals surface area contributed by atoms with Crippen LogP contribution in [0, 0.1) is 0 Å². The molecule has 0 saturated heterocycles. The van der Waals surface area contributed by atoms with E-state index in [0.29, 0.717) is 12.1 Å². The summed E-state index contributed by atoms with van der Waals surface area (Å²) in [6, 6.07) is 0.645. The first kappa shape index (κ1) is 14.2. The zero-order chi connectivity index (χ0) is 12.0. The maximum atomic E-state index is 12.0. The molecule has 0 spiro atoms. The van der Waals surface area contributed by atoms with Crippen LogP contribution in [-0.4, -0.2) is 22.9 Å². The Bertz CT molecular complexity index is 219. The van der Waals surface area contributed by atoms with Crippen LogP contribution in [0.1, 0.15) is 54.4 Å². The second-order valence-corrected chi connectivity index (χ2v) is 4.48. The molecule has 0 aliphatic carbocycles. The van der Waals surface area contributed by atoms with Crippen LogP contribution in [0.3, 0.4) is 0 Å². The molecule has 0 rings (SSSR count). The van der Waals surface area contributed by atoms with Gasteiger partial charge >= 0.3 is 0 Å². The van der Waals surface area contributed by atoms with Crippen molar-refractivity contribution in [2.75, 3.05) is 0 Å². The van der Waals surface area contributed by atoms with Gasteiger partial charge in [-0.2, -0.15) is 0 Å². The summed E-state index contributed by atoms with van der Waals surface area (Å²) < 4.78 is 0. The summed E-state index contributed by atoms with van der Waals surface area (Å²) in [5, 5.41) is 0. The average Bonchev–Trinajstić information content (AvgIpc) is 2.16. The van der Waals surface area contributed by atoms with Gasteiger partial charge in [0.1, 0.15) is 0 Å². The number of allylic oxidation sites excluding steroid dienone is 1. The third kappa shape index (κ3) is 4.50. The van der Waals surface area contributed by atoms with Gasteiger partial charge in [0, 0.05) is 18.2 Å². The van der Waals surface area contributed by atoms with Crippen molar-refractivity contribution < 1.29 is 4.79 Å². The molecule has 0 aliphatic heterocycles. The van der Waals surface area contributed by atoms with Gasteiger partial charge in [-0.05, 0) is 40.5 Å². The monoisotopic (exact) mass is 211 g/mol. The molecule has 0 fully saturated rings. The van der Waals surface area contributed by atoms with Gasteiger partial charge in [0.25, 0.3) is 0 Å². The van der Waals surface area contributed by atoms with Crippen LogP contribution in [0.15, 0.2) is 11.6 Å². The van der Waals surface area contributed by atoms with E-state index in [-0.39, 0.29) is 5.91 Å². The van der Waals surface area contributed by atoms with Gasteiger partial charge in [0.15, 0.2) is 0 Å². The van der Waals surface area contributed by atoms with E-state index in [0.717, 1.165) is 18.4 Å². The van der Waals surface area contributed by atoms with Crippen molar-refractivity contribution in [2.45, 2.75) is 66.5 Å². The molecule has 0 aliphatic rings. The fraction of sp³-hybridized carbons (Fsp3) is 0.769. The normalized spacial score (nSPS) is 14.3. The average molecular weight is 211 g/mol. The highest BCUT2D eigenvalue weighted by Crippen LogP contribution is 2.13. The van der Waals surface area contributed by atoms with Gasteiger partial charge in [0.2, 0.25) is 5.91 Å². The van der Waals surface area contributed by atoms with Crippen LogP contribution in [0.2, 0.25) is 0 Å². The maximum Gasteiger partial charge on any atom is 0.246 e. The summed E-state index contributed by atoms with van der Waals surface area (Å²) >= 11 is 0. The lowest BCUT2D eigenvalue weighted by molar-refractivity contribution is -0.130. The predicted octanol–water partition coefficient (Wildman–Crippen LogP) is 3.38. The Morgan fingerprint density at radius 2 is 1.53 bits per heavy atom. The van der Waals surface area contributed by atoms with Crippen LogP contribution in [0.5, 0.6) is 0 Å². The highest BCUT2D eigenvalue weighted by molar-refractivity contribution is 5.88. The minimum absolute atomic E-state index is 0.152. The third-order valence-corrected chi connectivity index (χ3v) is 2.80. The molecule has 88 valence electrons. The van der Waals surface area contributed by atoms with E-state index in [4.69, 9.17) is 0 Å². The Labute approximate surface area is 94.4 Å². The van der Waals surface area contributed by atoms with Gasteiger partial charge < -0.3 is 4.90 Å². The van der Waals surface area contributed by atoms with E-state index in [2.05, 4.69) is 27.7 Å². The molecule has 0 radical (unpaired) electrons. The molecule has 1 amide bonds. The van der Waals surface area contributed by atoms with Gasteiger partial charge in [-0.15, -0.1) is 0 Å². The van der Waals surface area contributed by atoms with Crippen molar-refractivity contribution in [3.8, 4) is 0 Å². The first-order valence-corrected chi connectivity index (χ1v) is 5.91. The molecule has 0 heterocycles. The predicted molar refractivity (Wildman–Crippen MR) is 65.8 cm³/mol. The number of carbonyl (C=O) groups excluding carboxylic acids is 1. The lowest BCUT2D eigenvalue weighted by Gasteiger charge is -2.33. The fourth-order valence-corrected chi connectivity index (χ4v) is 1.58. The zero-order valence-electron chi connectivity index (χ0n) is 11.0. The van der Waals surface area contributed by atoms with E-state index in [1.54, 1.807) is 6.08 Å². The van der Waals surface area contributed by atoms with Crippen molar-refractivity contribution in [1.82, 2.24) is 4.90 Å². The van der Waals surface area contributed by atoms with Crippen molar-refractivity contribution in [3.05, 3.63) is 11.6 Å². The quantitative estimate of drug-likeness (QED) is 0.638. The molecular weight excluding hydrogens is 186 g/mol. The van der Waals surface area contributed by atoms with Crippen molar-refractivity contribution in [2.24, 2.45) is 0 Å². The molecule has 2 atom stereocenters. The Hall–Kier alpha value is -0.790. The Balaban J connectivity index is 4.78. The number of amides is 1. The molecule has 15 heavy (non-hydrogen) atoms. The van der Waals surface area contributed by atoms with Gasteiger partial charge in [-0.1, -0.05) is 19.4 Å². The number of hydrogen-bond acceptors (Lipinski definition) is 1. The SMILES string of the molecule is CCC(C)N(C(=O)C=C(C)C)C(C)CC. The van der Waals surface area contributed by atoms with Crippen LogP contribution < -0.4 is 0 Å². The van der Waals surface area contributed by atoms with Crippen LogP contribution in [-0.2, 0) is 4.79 Å². The highest BCUT2D eigenvalue weighted by Gasteiger charge is 2.21. The van der Waals surface area contributed by atoms with Crippen LogP contribution in [0.4, 0.5) is 0 Å². The standard InChI is InChI=1S/C13H25NO/c1-7-11(5)14(12(6)8-2)13(15)9-10(3)4/h9,11-12H,7-8H2,1-6H3. The second-order valence-electron chi connectivity index (χ2n) is 4.48. The summed E-state index contributed by atoms with van der Waals surface area (Å²) in [6.45, 7) is 12.4. The molecule has 2 nitrogen and oxygen atoms in total. The number of carbonyl (C=O) groups is 1. The fourth-order valence-electron chi connectivity index (χ4n) is 1.58. The van der Waals surface area contributed by atoms with E-state index in [1.807, 2.05) is 18.7 Å². The second kappa shape index (κ2) is 6.65. The van der Waals surface area contributed by atoms with Crippen molar-refractivity contribution in [3.63, 3.8) is 0 Å². The lowest BCUT2D eigenvalue weighted by Crippen LogP contribution is -2.43. The van der Waals surface area contributed by atoms with Crippen LogP contribution >= 0.6 is 0 Å². The topological polar surface area (TPSA) is 20.3 Å². The van der Waals surface area contributed by atoms with Gasteiger partial charge in [0.05, 0.1) is 0 Å². The molecule has 0 aromatic carbocycles. The number of nitrogens with zero attached hydrogens (tertiary/aromatic N) is 1. The Kier molecular flexibility index (Phi) is 6.30. The molecule has 0 bridgehead atoms.